The van der Waals surface area contributed by atoms with Crippen molar-refractivity contribution in [1.29, 1.82) is 0 Å². The van der Waals surface area contributed by atoms with Gasteiger partial charge in [0.2, 0.25) is 0 Å². The Hall–Kier alpha value is -2.94. The number of carbonyl (C=O) groups is 1. The van der Waals surface area contributed by atoms with Crippen molar-refractivity contribution in [2.45, 2.75) is 6.82 Å². The molecule has 1 aromatic carbocycles. The topological polar surface area (TPSA) is 133 Å². The summed E-state index contributed by atoms with van der Waals surface area (Å²) in [5, 5.41) is 33.9. The Labute approximate surface area is 138 Å². The van der Waals surface area contributed by atoms with Crippen LogP contribution in [0, 0.1) is 0 Å². The zero-order chi connectivity index (χ0) is 17.7. The predicted octanol–water partition coefficient (Wildman–Crippen LogP) is 0.110. The maximum absolute atomic E-state index is 12.2. The Morgan fingerprint density at radius 2 is 1.88 bits per heavy atom. The van der Waals surface area contributed by atoms with Crippen molar-refractivity contribution in [3.8, 4) is 11.8 Å². The number of hydrogen-bond donors (Lipinski definition) is 5. The van der Waals surface area contributed by atoms with Crippen molar-refractivity contribution >= 4 is 31.5 Å². The Balaban J connectivity index is 2.29. The Morgan fingerprint density at radius 1 is 1.25 bits per heavy atom. The number of anilines is 2. The number of benzene rings is 1. The van der Waals surface area contributed by atoms with Gasteiger partial charge in [-0.1, -0.05) is 0 Å². The molecule has 0 saturated carbocycles. The average molecular weight is 331 g/mol. The van der Waals surface area contributed by atoms with E-state index in [0.29, 0.717) is 23.3 Å². The molecule has 0 amide bonds. The number of nitrogens with zero attached hydrogens (tertiary/aromatic N) is 1. The van der Waals surface area contributed by atoms with Crippen LogP contribution in [0.4, 0.5) is 11.4 Å². The first-order valence-corrected chi connectivity index (χ1v) is 7.00. The van der Waals surface area contributed by atoms with Crippen molar-refractivity contribution in [3.63, 3.8) is 0 Å². The quantitative estimate of drug-likeness (QED) is 0.452. The summed E-state index contributed by atoms with van der Waals surface area (Å²) in [5.74, 6) is -1.75. The van der Waals surface area contributed by atoms with E-state index in [1.54, 1.807) is 6.07 Å². The molecule has 1 aromatic heterocycles. The predicted molar refractivity (Wildman–Crippen MR) is 87.5 cm³/mol. The molecule has 24 heavy (non-hydrogen) atoms. The summed E-state index contributed by atoms with van der Waals surface area (Å²) in [6.45, 7) is 1.50. The van der Waals surface area contributed by atoms with Gasteiger partial charge in [0.1, 0.15) is 0 Å². The second kappa shape index (κ2) is 7.55. The Kier molecular flexibility index (Phi) is 5.48. The van der Waals surface area contributed by atoms with Crippen LogP contribution in [0.5, 0.6) is 11.8 Å². The van der Waals surface area contributed by atoms with Crippen molar-refractivity contribution in [1.82, 2.24) is 4.73 Å². The van der Waals surface area contributed by atoms with E-state index < -0.39 is 24.8 Å². The van der Waals surface area contributed by atoms with Crippen LogP contribution in [0.2, 0.25) is 6.82 Å². The standard InChI is InChI=1S/C13H15B2N3O6/c1-15(23)17-10-5-8(4-9(6-10)16-7-14-22)13(21)24-18-11(19)2-3-12(18)20/h2-6,16-17,19-20,23H,7H2,1H3. The summed E-state index contributed by atoms with van der Waals surface area (Å²) in [4.78, 5) is 17.1. The van der Waals surface area contributed by atoms with Gasteiger partial charge >= 0.3 is 137 Å². The molecule has 9 nitrogen and oxygen atoms in total. The number of carbonyl (C=O) groups excluding carboxylic acids is 1. The van der Waals surface area contributed by atoms with Gasteiger partial charge in [0.25, 0.3) is 0 Å². The second-order valence-electron chi connectivity index (χ2n) is 4.89. The van der Waals surface area contributed by atoms with E-state index in [4.69, 9.17) is 4.84 Å². The van der Waals surface area contributed by atoms with Crippen LogP contribution in [0.25, 0.3) is 0 Å². The van der Waals surface area contributed by atoms with Crippen molar-refractivity contribution in [3.05, 3.63) is 35.9 Å². The molecule has 0 aliphatic heterocycles. The molecule has 5 N–H and O–H groups in total. The van der Waals surface area contributed by atoms with E-state index >= 15 is 0 Å². The van der Waals surface area contributed by atoms with Crippen molar-refractivity contribution < 1.29 is 29.6 Å². The molecule has 0 saturated heterocycles. The van der Waals surface area contributed by atoms with E-state index in [1.165, 1.54) is 19.0 Å². The molecular weight excluding hydrogens is 316 g/mol. The van der Waals surface area contributed by atoms with Gasteiger partial charge in [-0.15, -0.1) is 0 Å². The first-order chi connectivity index (χ1) is 11.4. The van der Waals surface area contributed by atoms with Gasteiger partial charge in [0.05, 0.1) is 0 Å². The summed E-state index contributed by atoms with van der Waals surface area (Å²) in [6.07, 6.45) is 0.0335. The number of rotatable bonds is 7. The third-order valence-electron chi connectivity index (χ3n) is 2.91. The summed E-state index contributed by atoms with van der Waals surface area (Å²) in [5.41, 5.74) is 0.927. The SMILES string of the molecule is CB(O)Nc1cc(NCB=O)cc(C(=O)On2c(O)ccc2O)c1. The molecule has 0 aliphatic carbocycles. The third-order valence-corrected chi connectivity index (χ3v) is 2.91. The molecule has 124 valence electrons. The van der Waals surface area contributed by atoms with E-state index in [0.717, 1.165) is 12.1 Å². The van der Waals surface area contributed by atoms with Gasteiger partial charge < -0.3 is 0 Å². The molecule has 2 aromatic rings. The third kappa shape index (κ3) is 4.29. The van der Waals surface area contributed by atoms with Crippen molar-refractivity contribution in [2.75, 3.05) is 17.0 Å². The molecule has 2 rings (SSSR count). The van der Waals surface area contributed by atoms with E-state index in [-0.39, 0.29) is 12.0 Å². The van der Waals surface area contributed by atoms with E-state index in [9.17, 15) is 24.7 Å². The van der Waals surface area contributed by atoms with Crippen LogP contribution in [-0.4, -0.2) is 46.6 Å². The molecule has 0 fully saturated rings. The molecule has 0 aliphatic rings. The first-order valence-electron chi connectivity index (χ1n) is 7.00. The fraction of sp³-hybridized carbons (Fsp3) is 0.154. The van der Waals surface area contributed by atoms with Crippen LogP contribution < -0.4 is 15.4 Å². The van der Waals surface area contributed by atoms with Gasteiger partial charge in [-0.25, -0.2) is 0 Å². The molecule has 11 heteroatoms. The monoisotopic (exact) mass is 331 g/mol. The number of aromatic nitrogens is 1. The first kappa shape index (κ1) is 17.4. The molecule has 0 atom stereocenters. The van der Waals surface area contributed by atoms with E-state index in [2.05, 4.69) is 10.5 Å². The van der Waals surface area contributed by atoms with Crippen LogP contribution in [0.1, 0.15) is 10.4 Å². The zero-order valence-corrected chi connectivity index (χ0v) is 12.8. The molecule has 0 unspecified atom stereocenters. The van der Waals surface area contributed by atoms with Gasteiger partial charge in [-0.3, -0.25) is 0 Å². The number of nitrogens with one attached hydrogen (secondary N) is 2. The summed E-state index contributed by atoms with van der Waals surface area (Å²) in [7, 11) is -0.212. The molecule has 1 heterocycles. The minimum absolute atomic E-state index is 0.0335. The van der Waals surface area contributed by atoms with Crippen LogP contribution in [0.3, 0.4) is 0 Å². The summed E-state index contributed by atoms with van der Waals surface area (Å²) < 4.78 is 11.0. The average Bonchev–Trinajstić information content (AvgIpc) is 2.84. The Morgan fingerprint density at radius 3 is 2.46 bits per heavy atom. The second-order valence-corrected chi connectivity index (χ2v) is 4.89. The van der Waals surface area contributed by atoms with Crippen molar-refractivity contribution in [2.24, 2.45) is 0 Å². The maximum atomic E-state index is 12.2. The van der Waals surface area contributed by atoms with Gasteiger partial charge in [0.15, 0.2) is 0 Å². The van der Waals surface area contributed by atoms with Crippen LogP contribution in [0.15, 0.2) is 30.3 Å². The number of hydrogen-bond acceptors (Lipinski definition) is 8. The molecule has 0 radical (unpaired) electrons. The van der Waals surface area contributed by atoms with Crippen LogP contribution in [-0.2, 0) is 4.70 Å². The summed E-state index contributed by atoms with van der Waals surface area (Å²) in [6, 6.07) is 6.75. The van der Waals surface area contributed by atoms with Crippen LogP contribution >= 0.6 is 0 Å². The normalized spacial score (nSPS) is 9.92. The summed E-state index contributed by atoms with van der Waals surface area (Å²) >= 11 is 0. The minimum atomic E-state index is -0.868. The zero-order valence-electron chi connectivity index (χ0n) is 12.8. The van der Waals surface area contributed by atoms with Gasteiger partial charge in [0, 0.05) is 0 Å². The van der Waals surface area contributed by atoms with E-state index in [1.807, 2.05) is 0 Å². The fourth-order valence-corrected chi connectivity index (χ4v) is 1.96. The molecule has 0 bridgehead atoms. The molecule has 0 spiro atoms. The molecular formula is C13H15B2N3O6. The Bertz CT molecular complexity index is 730. The fourth-order valence-electron chi connectivity index (χ4n) is 1.96. The van der Waals surface area contributed by atoms with Gasteiger partial charge in [-0.2, -0.15) is 0 Å². The van der Waals surface area contributed by atoms with Gasteiger partial charge in [-0.05, 0) is 0 Å². The number of aromatic hydroxyl groups is 2.